The van der Waals surface area contributed by atoms with Crippen molar-refractivity contribution in [3.63, 3.8) is 0 Å². The van der Waals surface area contributed by atoms with Gasteiger partial charge in [0.05, 0.1) is 6.04 Å². The summed E-state index contributed by atoms with van der Waals surface area (Å²) in [5.74, 6) is -0.247. The number of nitrogens with one attached hydrogen (secondary N) is 1. The van der Waals surface area contributed by atoms with Gasteiger partial charge in [-0.15, -0.1) is 0 Å². The molecule has 0 saturated carbocycles. The van der Waals surface area contributed by atoms with Crippen molar-refractivity contribution < 1.29 is 4.79 Å². The van der Waals surface area contributed by atoms with Crippen LogP contribution in [0.3, 0.4) is 0 Å². The highest BCUT2D eigenvalue weighted by Crippen LogP contribution is 2.19. The lowest BCUT2D eigenvalue weighted by atomic mass is 10.1. The Morgan fingerprint density at radius 3 is 2.50 bits per heavy atom. The molecule has 1 atom stereocenters. The maximum atomic E-state index is 12.1. The van der Waals surface area contributed by atoms with Crippen LogP contribution in [0.1, 0.15) is 28.9 Å². The number of pyridine rings is 1. The first-order valence-electron chi connectivity index (χ1n) is 5.85. The first kappa shape index (κ1) is 15.3. The Kier molecular flexibility index (Phi) is 5.02. The largest absolute Gasteiger partial charge is 0.346 e. The molecule has 0 aliphatic rings. The molecule has 104 valence electrons. The van der Waals surface area contributed by atoms with Crippen molar-refractivity contribution in [2.24, 2.45) is 0 Å². The van der Waals surface area contributed by atoms with Crippen LogP contribution < -0.4 is 5.32 Å². The Hall–Kier alpha value is -1.10. The van der Waals surface area contributed by atoms with Crippen LogP contribution in [-0.4, -0.2) is 10.9 Å². The van der Waals surface area contributed by atoms with Crippen LogP contribution >= 0.6 is 39.1 Å². The zero-order valence-electron chi connectivity index (χ0n) is 10.5. The number of rotatable bonds is 3. The predicted molar refractivity (Wildman–Crippen MR) is 84.3 cm³/mol. The van der Waals surface area contributed by atoms with Crippen LogP contribution in [0.4, 0.5) is 0 Å². The Balaban J connectivity index is 2.15. The molecule has 1 aromatic carbocycles. The van der Waals surface area contributed by atoms with Gasteiger partial charge in [0.15, 0.2) is 0 Å². The third-order valence-corrected chi connectivity index (χ3v) is 3.60. The summed E-state index contributed by atoms with van der Waals surface area (Å²) < 4.78 is 0.964. The lowest BCUT2D eigenvalue weighted by Gasteiger charge is -2.15. The van der Waals surface area contributed by atoms with E-state index in [1.165, 1.54) is 12.1 Å². The third kappa shape index (κ3) is 3.95. The van der Waals surface area contributed by atoms with Crippen LogP contribution in [0.25, 0.3) is 0 Å². The minimum Gasteiger partial charge on any atom is -0.346 e. The molecule has 3 nitrogen and oxygen atoms in total. The molecule has 6 heteroatoms. The molecule has 1 amide bonds. The second-order valence-electron chi connectivity index (χ2n) is 4.25. The Bertz CT molecular complexity index is 629. The van der Waals surface area contributed by atoms with Gasteiger partial charge in [-0.1, -0.05) is 51.3 Å². The van der Waals surface area contributed by atoms with E-state index in [-0.39, 0.29) is 22.3 Å². The topological polar surface area (TPSA) is 42.0 Å². The molecule has 2 rings (SSSR count). The number of halogens is 3. The molecular formula is C14H11BrCl2N2O. The van der Waals surface area contributed by atoms with Gasteiger partial charge >= 0.3 is 0 Å². The summed E-state index contributed by atoms with van der Waals surface area (Å²) in [4.78, 5) is 16.0. The van der Waals surface area contributed by atoms with Gasteiger partial charge in [-0.2, -0.15) is 0 Å². The smallest absolute Gasteiger partial charge is 0.251 e. The van der Waals surface area contributed by atoms with Crippen molar-refractivity contribution in [1.29, 1.82) is 0 Å². The number of amides is 1. The average Bonchev–Trinajstić information content (AvgIpc) is 2.37. The molecule has 1 N–H and O–H groups in total. The summed E-state index contributed by atoms with van der Waals surface area (Å²) in [7, 11) is 0. The Morgan fingerprint density at radius 2 is 1.90 bits per heavy atom. The summed E-state index contributed by atoms with van der Waals surface area (Å²) in [5.41, 5.74) is 1.39. The average molecular weight is 374 g/mol. The van der Waals surface area contributed by atoms with Gasteiger partial charge in [-0.3, -0.25) is 4.79 Å². The second kappa shape index (κ2) is 6.57. The van der Waals surface area contributed by atoms with E-state index in [4.69, 9.17) is 23.2 Å². The maximum Gasteiger partial charge on any atom is 0.251 e. The minimum absolute atomic E-state index is 0.134. The van der Waals surface area contributed by atoms with Gasteiger partial charge in [0.2, 0.25) is 0 Å². The van der Waals surface area contributed by atoms with Crippen molar-refractivity contribution in [1.82, 2.24) is 10.3 Å². The molecule has 1 unspecified atom stereocenters. The zero-order valence-corrected chi connectivity index (χ0v) is 13.6. The fourth-order valence-corrected chi connectivity index (χ4v) is 2.61. The first-order chi connectivity index (χ1) is 9.45. The molecular weight excluding hydrogens is 363 g/mol. The van der Waals surface area contributed by atoms with Crippen molar-refractivity contribution >= 4 is 45.0 Å². The number of nitrogens with zero attached hydrogens (tertiary/aromatic N) is 1. The molecule has 1 heterocycles. The summed E-state index contributed by atoms with van der Waals surface area (Å²) in [6.45, 7) is 1.91. The van der Waals surface area contributed by atoms with Gasteiger partial charge < -0.3 is 5.32 Å². The predicted octanol–water partition coefficient (Wildman–Crippen LogP) is 4.64. The quantitative estimate of drug-likeness (QED) is 0.796. The number of carbonyl (C=O) groups is 1. The molecule has 1 aromatic heterocycles. The van der Waals surface area contributed by atoms with Crippen molar-refractivity contribution in [3.8, 4) is 0 Å². The molecule has 20 heavy (non-hydrogen) atoms. The summed E-state index contributed by atoms with van der Waals surface area (Å²) in [5, 5.41) is 3.27. The normalized spacial score (nSPS) is 12.0. The van der Waals surface area contributed by atoms with Gasteiger partial charge in [-0.05, 0) is 36.8 Å². The zero-order chi connectivity index (χ0) is 14.7. The van der Waals surface area contributed by atoms with E-state index in [9.17, 15) is 4.79 Å². The van der Waals surface area contributed by atoms with Crippen LogP contribution in [0.5, 0.6) is 0 Å². The molecule has 0 aliphatic carbocycles. The van der Waals surface area contributed by atoms with Gasteiger partial charge in [0.1, 0.15) is 10.3 Å². The van der Waals surface area contributed by atoms with Crippen molar-refractivity contribution in [2.75, 3.05) is 0 Å². The Labute approximate surface area is 135 Å². The van der Waals surface area contributed by atoms with Gasteiger partial charge in [0.25, 0.3) is 5.91 Å². The standard InChI is InChI=1S/C14H11BrCl2N2O/c1-8(9-3-2-4-11(15)5-9)18-14(20)10-6-12(16)19-13(17)7-10/h2-8H,1H3,(H,18,20). The van der Waals surface area contributed by atoms with Gasteiger partial charge in [-0.25, -0.2) is 4.98 Å². The monoisotopic (exact) mass is 372 g/mol. The fraction of sp³-hybridized carbons (Fsp3) is 0.143. The lowest BCUT2D eigenvalue weighted by molar-refractivity contribution is 0.0940. The number of hydrogen-bond donors (Lipinski definition) is 1. The SMILES string of the molecule is CC(NC(=O)c1cc(Cl)nc(Cl)c1)c1cccc(Br)c1. The molecule has 0 radical (unpaired) electrons. The van der Waals surface area contributed by atoms with Crippen LogP contribution in [0.15, 0.2) is 40.9 Å². The summed E-state index contributed by atoms with van der Waals surface area (Å²) in [6, 6.07) is 10.6. The maximum absolute atomic E-state index is 12.1. The number of aromatic nitrogens is 1. The van der Waals surface area contributed by atoms with E-state index >= 15 is 0 Å². The molecule has 0 bridgehead atoms. The lowest BCUT2D eigenvalue weighted by Crippen LogP contribution is -2.26. The van der Waals surface area contributed by atoms with E-state index in [0.29, 0.717) is 5.56 Å². The number of benzene rings is 1. The molecule has 0 aliphatic heterocycles. The van der Waals surface area contributed by atoms with Crippen LogP contribution in [-0.2, 0) is 0 Å². The minimum atomic E-state index is -0.247. The van der Waals surface area contributed by atoms with E-state index in [1.807, 2.05) is 31.2 Å². The van der Waals surface area contributed by atoms with E-state index < -0.39 is 0 Å². The molecule has 0 fully saturated rings. The van der Waals surface area contributed by atoms with E-state index in [1.54, 1.807) is 0 Å². The third-order valence-electron chi connectivity index (χ3n) is 2.72. The van der Waals surface area contributed by atoms with E-state index in [0.717, 1.165) is 10.0 Å². The Morgan fingerprint density at radius 1 is 1.25 bits per heavy atom. The van der Waals surface area contributed by atoms with E-state index in [2.05, 4.69) is 26.2 Å². The molecule has 0 saturated heterocycles. The fourth-order valence-electron chi connectivity index (χ4n) is 1.74. The molecule has 0 spiro atoms. The van der Waals surface area contributed by atoms with Crippen LogP contribution in [0.2, 0.25) is 10.3 Å². The van der Waals surface area contributed by atoms with Crippen molar-refractivity contribution in [2.45, 2.75) is 13.0 Å². The molecule has 2 aromatic rings. The van der Waals surface area contributed by atoms with Crippen LogP contribution in [0, 0.1) is 0 Å². The van der Waals surface area contributed by atoms with Crippen molar-refractivity contribution in [3.05, 3.63) is 62.3 Å². The number of carbonyl (C=O) groups excluding carboxylic acids is 1. The highest BCUT2D eigenvalue weighted by molar-refractivity contribution is 9.10. The second-order valence-corrected chi connectivity index (χ2v) is 5.94. The summed E-state index contributed by atoms with van der Waals surface area (Å²) >= 11 is 15.0. The number of hydrogen-bond acceptors (Lipinski definition) is 2. The van der Waals surface area contributed by atoms with Gasteiger partial charge in [0, 0.05) is 10.0 Å². The first-order valence-corrected chi connectivity index (χ1v) is 7.40. The highest BCUT2D eigenvalue weighted by atomic mass is 79.9. The highest BCUT2D eigenvalue weighted by Gasteiger charge is 2.13. The summed E-state index contributed by atoms with van der Waals surface area (Å²) in [6.07, 6.45) is 0.